The molecule has 0 aliphatic carbocycles. The van der Waals surface area contributed by atoms with Crippen LogP contribution in [0.2, 0.25) is 0 Å². The van der Waals surface area contributed by atoms with Gasteiger partial charge >= 0.3 is 0 Å². The van der Waals surface area contributed by atoms with Gasteiger partial charge in [-0.3, -0.25) is 0 Å². The van der Waals surface area contributed by atoms with Crippen LogP contribution in [0.15, 0.2) is 56.0 Å². The van der Waals surface area contributed by atoms with E-state index < -0.39 is 0 Å². The number of benzene rings is 2. The summed E-state index contributed by atoms with van der Waals surface area (Å²) in [5.74, 6) is 2.63. The van der Waals surface area contributed by atoms with Gasteiger partial charge in [-0.2, -0.15) is 0 Å². The van der Waals surface area contributed by atoms with Crippen molar-refractivity contribution in [2.75, 3.05) is 20.0 Å². The Kier molecular flexibility index (Phi) is 5.83. The van der Waals surface area contributed by atoms with Gasteiger partial charge in [-0.05, 0) is 56.1 Å². The van der Waals surface area contributed by atoms with E-state index >= 15 is 0 Å². The normalized spacial score (nSPS) is 10.9. The molecule has 0 saturated heterocycles. The molecule has 0 unspecified atom stereocenters. The lowest BCUT2D eigenvalue weighted by Gasteiger charge is -2.13. The third-order valence-corrected chi connectivity index (χ3v) is 5.49. The Morgan fingerprint density at radius 1 is 1.03 bits per heavy atom. The van der Waals surface area contributed by atoms with Crippen molar-refractivity contribution in [3.63, 3.8) is 0 Å². The highest BCUT2D eigenvalue weighted by Crippen LogP contribution is 2.36. The summed E-state index contributed by atoms with van der Waals surface area (Å²) in [7, 11) is 3.21. The predicted molar refractivity (Wildman–Crippen MR) is 121 cm³/mol. The van der Waals surface area contributed by atoms with Gasteiger partial charge < -0.3 is 24.4 Å². The van der Waals surface area contributed by atoms with Crippen molar-refractivity contribution in [3.8, 4) is 28.7 Å². The Labute approximate surface area is 189 Å². The number of hydrogen-bond acceptors (Lipinski definition) is 7. The summed E-state index contributed by atoms with van der Waals surface area (Å²) in [6.45, 7) is 0.271. The maximum Gasteiger partial charge on any atom is 0.231 e. The summed E-state index contributed by atoms with van der Waals surface area (Å²) in [6, 6.07) is 11.0. The molecule has 0 aliphatic rings. The first-order valence-electron chi connectivity index (χ1n) is 8.84. The third-order valence-electron chi connectivity index (χ3n) is 4.44. The Bertz CT molecular complexity index is 1230. The standard InChI is InChI=1S/C21H17Br2N3O4/c1-27-17-8-18(28-2)14(23)6-11(17)10-29-15-4-3-5-16-19(15)26-21(30-16)13-7-12(22)9-25-20(13)24/h3-9H,10H2,1-2H3,(H2,24,25). The summed E-state index contributed by atoms with van der Waals surface area (Å²) < 4.78 is 24.3. The van der Waals surface area contributed by atoms with Crippen LogP contribution in [0.5, 0.6) is 17.2 Å². The zero-order chi connectivity index (χ0) is 21.3. The SMILES string of the molecule is COc1cc(OC)c(COc2cccc3oc(-c4cc(Br)cnc4N)nc23)cc1Br. The molecule has 0 aliphatic heterocycles. The zero-order valence-electron chi connectivity index (χ0n) is 16.1. The monoisotopic (exact) mass is 533 g/mol. The molecule has 0 saturated carbocycles. The number of anilines is 1. The smallest absolute Gasteiger partial charge is 0.231 e. The fraction of sp³-hybridized carbons (Fsp3) is 0.143. The van der Waals surface area contributed by atoms with Gasteiger partial charge in [-0.15, -0.1) is 0 Å². The number of pyridine rings is 1. The van der Waals surface area contributed by atoms with Gasteiger partial charge in [0.2, 0.25) is 5.89 Å². The van der Waals surface area contributed by atoms with Gasteiger partial charge in [-0.25, -0.2) is 9.97 Å². The zero-order valence-corrected chi connectivity index (χ0v) is 19.3. The second-order valence-corrected chi connectivity index (χ2v) is 8.07. The van der Waals surface area contributed by atoms with Crippen LogP contribution in [-0.2, 0) is 6.61 Å². The molecule has 2 heterocycles. The first-order valence-corrected chi connectivity index (χ1v) is 10.4. The van der Waals surface area contributed by atoms with Crippen LogP contribution in [0, 0.1) is 0 Å². The van der Waals surface area contributed by atoms with E-state index in [4.69, 9.17) is 24.4 Å². The second kappa shape index (κ2) is 8.53. The van der Waals surface area contributed by atoms with E-state index in [2.05, 4.69) is 41.8 Å². The van der Waals surface area contributed by atoms with Crippen molar-refractivity contribution in [2.45, 2.75) is 6.61 Å². The van der Waals surface area contributed by atoms with Crippen LogP contribution >= 0.6 is 31.9 Å². The number of halogens is 2. The predicted octanol–water partition coefficient (Wildman–Crippen LogP) is 5.59. The molecular formula is C21H17Br2N3O4. The molecule has 0 fully saturated rings. The van der Waals surface area contributed by atoms with E-state index in [1.165, 1.54) is 0 Å². The van der Waals surface area contributed by atoms with Crippen LogP contribution in [0.3, 0.4) is 0 Å². The number of ether oxygens (including phenoxy) is 3. The minimum absolute atomic E-state index is 0.271. The molecule has 2 N–H and O–H groups in total. The molecular weight excluding hydrogens is 518 g/mol. The van der Waals surface area contributed by atoms with Gasteiger partial charge in [0.05, 0.1) is 24.3 Å². The van der Waals surface area contributed by atoms with E-state index in [0.29, 0.717) is 45.6 Å². The second-order valence-electron chi connectivity index (χ2n) is 6.30. The molecule has 0 radical (unpaired) electrons. The van der Waals surface area contributed by atoms with E-state index in [-0.39, 0.29) is 6.61 Å². The third kappa shape index (κ3) is 3.95. The van der Waals surface area contributed by atoms with E-state index in [1.807, 2.05) is 30.3 Å². The summed E-state index contributed by atoms with van der Waals surface area (Å²) >= 11 is 6.89. The minimum atomic E-state index is 0.271. The van der Waals surface area contributed by atoms with E-state index in [0.717, 1.165) is 14.5 Å². The topological polar surface area (TPSA) is 92.6 Å². The molecule has 0 atom stereocenters. The molecule has 4 aromatic rings. The summed E-state index contributed by atoms with van der Waals surface area (Å²) in [5.41, 5.74) is 8.63. The van der Waals surface area contributed by atoms with Gasteiger partial charge in [0.1, 0.15) is 29.7 Å². The molecule has 9 heteroatoms. The largest absolute Gasteiger partial charge is 0.496 e. The number of hydrogen-bond donors (Lipinski definition) is 1. The molecule has 0 bridgehead atoms. The van der Waals surface area contributed by atoms with Crippen LogP contribution in [0.4, 0.5) is 5.82 Å². The fourth-order valence-corrected chi connectivity index (χ4v) is 3.85. The summed E-state index contributed by atoms with van der Waals surface area (Å²) in [6.07, 6.45) is 1.62. The number of rotatable bonds is 6. The number of nitrogens with zero attached hydrogens (tertiary/aromatic N) is 2. The molecule has 154 valence electrons. The lowest BCUT2D eigenvalue weighted by atomic mass is 10.2. The van der Waals surface area contributed by atoms with Gasteiger partial charge in [-0.1, -0.05) is 6.07 Å². The minimum Gasteiger partial charge on any atom is -0.496 e. The van der Waals surface area contributed by atoms with E-state index in [9.17, 15) is 0 Å². The van der Waals surface area contributed by atoms with Crippen molar-refractivity contribution in [1.82, 2.24) is 9.97 Å². The van der Waals surface area contributed by atoms with Crippen molar-refractivity contribution in [1.29, 1.82) is 0 Å². The molecule has 2 aromatic heterocycles. The number of nitrogens with two attached hydrogens (primary N) is 1. The highest BCUT2D eigenvalue weighted by Gasteiger charge is 2.16. The maximum absolute atomic E-state index is 6.06. The lowest BCUT2D eigenvalue weighted by Crippen LogP contribution is -2.00. The van der Waals surface area contributed by atoms with Gasteiger partial charge in [0.25, 0.3) is 0 Å². The Hall–Kier alpha value is -2.78. The Balaban J connectivity index is 1.67. The Morgan fingerprint density at radius 3 is 2.60 bits per heavy atom. The Morgan fingerprint density at radius 2 is 1.83 bits per heavy atom. The average Bonchev–Trinajstić information content (AvgIpc) is 3.18. The van der Waals surface area contributed by atoms with Crippen LogP contribution in [-0.4, -0.2) is 24.2 Å². The molecule has 4 rings (SSSR count). The summed E-state index contributed by atoms with van der Waals surface area (Å²) in [5, 5.41) is 0. The van der Waals surface area contributed by atoms with E-state index in [1.54, 1.807) is 26.5 Å². The van der Waals surface area contributed by atoms with Crippen LogP contribution in [0.25, 0.3) is 22.6 Å². The first kappa shape index (κ1) is 20.5. The quantitative estimate of drug-likeness (QED) is 0.344. The molecule has 0 spiro atoms. The molecule has 0 amide bonds. The fourth-order valence-electron chi connectivity index (χ4n) is 2.97. The summed E-state index contributed by atoms with van der Waals surface area (Å²) in [4.78, 5) is 8.73. The number of methoxy groups -OCH3 is 2. The van der Waals surface area contributed by atoms with Gasteiger partial charge in [0, 0.05) is 22.3 Å². The number of fused-ring (bicyclic) bond motifs is 1. The molecule has 2 aromatic carbocycles. The van der Waals surface area contributed by atoms with Gasteiger partial charge in [0.15, 0.2) is 11.1 Å². The first-order chi connectivity index (χ1) is 14.5. The van der Waals surface area contributed by atoms with Crippen LogP contribution in [0.1, 0.15) is 5.56 Å². The van der Waals surface area contributed by atoms with Crippen molar-refractivity contribution in [2.24, 2.45) is 0 Å². The van der Waals surface area contributed by atoms with Crippen molar-refractivity contribution in [3.05, 3.63) is 57.1 Å². The maximum atomic E-state index is 6.06. The average molecular weight is 535 g/mol. The van der Waals surface area contributed by atoms with Crippen LogP contribution < -0.4 is 19.9 Å². The number of aromatic nitrogens is 2. The molecule has 7 nitrogen and oxygen atoms in total. The number of para-hydroxylation sites is 1. The van der Waals surface area contributed by atoms with Crippen molar-refractivity contribution >= 4 is 48.8 Å². The number of nitrogen functional groups attached to an aromatic ring is 1. The lowest BCUT2D eigenvalue weighted by molar-refractivity contribution is 0.298. The molecule has 30 heavy (non-hydrogen) atoms. The number of oxazole rings is 1. The highest BCUT2D eigenvalue weighted by molar-refractivity contribution is 9.10. The highest BCUT2D eigenvalue weighted by atomic mass is 79.9. The van der Waals surface area contributed by atoms with Crippen molar-refractivity contribution < 1.29 is 18.6 Å².